The van der Waals surface area contributed by atoms with Gasteiger partial charge in [0, 0.05) is 19.3 Å². The number of hydrogen-bond donors (Lipinski definition) is 0. The second-order valence-electron chi connectivity index (χ2n) is 5.15. The third-order valence-electron chi connectivity index (χ3n) is 3.86. The van der Waals surface area contributed by atoms with Crippen molar-refractivity contribution >= 4 is 27.5 Å². The van der Waals surface area contributed by atoms with Gasteiger partial charge in [0.2, 0.25) is 5.95 Å². The summed E-state index contributed by atoms with van der Waals surface area (Å²) in [5, 5.41) is 8.10. The van der Waals surface area contributed by atoms with Crippen LogP contribution < -0.4 is 4.90 Å². The van der Waals surface area contributed by atoms with Crippen LogP contribution in [0.25, 0.3) is 5.65 Å². The average Bonchev–Trinajstić information content (AvgIpc) is 2.91. The van der Waals surface area contributed by atoms with E-state index in [1.807, 2.05) is 10.6 Å². The highest BCUT2D eigenvalue weighted by Gasteiger charge is 2.21. The van der Waals surface area contributed by atoms with Gasteiger partial charge in [-0.15, -0.1) is 10.2 Å². The smallest absolute Gasteiger partial charge is 0.212 e. The van der Waals surface area contributed by atoms with Crippen molar-refractivity contribution in [2.45, 2.75) is 32.6 Å². The highest BCUT2D eigenvalue weighted by Crippen LogP contribution is 2.26. The summed E-state index contributed by atoms with van der Waals surface area (Å²) in [6.45, 7) is 4.42. The van der Waals surface area contributed by atoms with E-state index in [9.17, 15) is 0 Å². The lowest BCUT2D eigenvalue weighted by Gasteiger charge is -2.32. The molecule has 19 heavy (non-hydrogen) atoms. The molecular weight excluding hydrogens is 306 g/mol. The SMILES string of the molecule is CCCC1CCN(c2ncc(Br)c3nncn23)CC1. The predicted octanol–water partition coefficient (Wildman–Crippen LogP) is 2.90. The van der Waals surface area contributed by atoms with Gasteiger partial charge in [0.1, 0.15) is 6.33 Å². The van der Waals surface area contributed by atoms with Crippen LogP contribution in [-0.4, -0.2) is 32.7 Å². The summed E-state index contributed by atoms with van der Waals surface area (Å²) in [5.41, 5.74) is 0.834. The molecule has 0 aromatic carbocycles. The van der Waals surface area contributed by atoms with E-state index in [2.05, 4.69) is 42.9 Å². The Balaban J connectivity index is 1.82. The molecule has 3 rings (SSSR count). The molecule has 0 spiro atoms. The van der Waals surface area contributed by atoms with E-state index in [1.165, 1.54) is 25.7 Å². The molecule has 0 N–H and O–H groups in total. The zero-order chi connectivity index (χ0) is 13.2. The fourth-order valence-electron chi connectivity index (χ4n) is 2.84. The van der Waals surface area contributed by atoms with E-state index in [0.717, 1.165) is 35.1 Å². The third-order valence-corrected chi connectivity index (χ3v) is 4.42. The lowest BCUT2D eigenvalue weighted by molar-refractivity contribution is 0.375. The summed E-state index contributed by atoms with van der Waals surface area (Å²) in [5.74, 6) is 1.84. The van der Waals surface area contributed by atoms with Crippen molar-refractivity contribution in [3.63, 3.8) is 0 Å². The van der Waals surface area contributed by atoms with Crippen LogP contribution in [-0.2, 0) is 0 Å². The minimum absolute atomic E-state index is 0.834. The molecule has 1 aliphatic rings. The first-order valence-electron chi connectivity index (χ1n) is 6.88. The zero-order valence-corrected chi connectivity index (χ0v) is 12.7. The van der Waals surface area contributed by atoms with Gasteiger partial charge in [-0.3, -0.25) is 0 Å². The number of fused-ring (bicyclic) bond motifs is 1. The first kappa shape index (κ1) is 12.8. The molecule has 2 aromatic heterocycles. The number of nitrogens with zero attached hydrogens (tertiary/aromatic N) is 5. The van der Waals surface area contributed by atoms with E-state index in [4.69, 9.17) is 0 Å². The van der Waals surface area contributed by atoms with Gasteiger partial charge >= 0.3 is 0 Å². The van der Waals surface area contributed by atoms with Crippen LogP contribution in [0.4, 0.5) is 5.95 Å². The van der Waals surface area contributed by atoms with Crippen molar-refractivity contribution in [3.8, 4) is 0 Å². The van der Waals surface area contributed by atoms with Crippen LogP contribution in [0.2, 0.25) is 0 Å². The second kappa shape index (κ2) is 5.45. The number of hydrogen-bond acceptors (Lipinski definition) is 4. The number of aromatic nitrogens is 4. The quantitative estimate of drug-likeness (QED) is 0.871. The van der Waals surface area contributed by atoms with Gasteiger partial charge in [-0.1, -0.05) is 19.8 Å². The Morgan fingerprint density at radius 3 is 2.89 bits per heavy atom. The van der Waals surface area contributed by atoms with Crippen molar-refractivity contribution in [2.24, 2.45) is 5.92 Å². The molecule has 0 bridgehead atoms. The molecule has 0 radical (unpaired) electrons. The maximum absolute atomic E-state index is 4.54. The van der Waals surface area contributed by atoms with Crippen LogP contribution in [0.15, 0.2) is 17.0 Å². The molecule has 0 unspecified atom stereocenters. The normalized spacial score (nSPS) is 17.3. The van der Waals surface area contributed by atoms with Gasteiger partial charge in [-0.2, -0.15) is 0 Å². The summed E-state index contributed by atoms with van der Waals surface area (Å²) in [6.07, 6.45) is 8.71. The fraction of sp³-hybridized carbons (Fsp3) is 0.615. The van der Waals surface area contributed by atoms with Crippen LogP contribution in [0, 0.1) is 5.92 Å². The van der Waals surface area contributed by atoms with Crippen molar-refractivity contribution < 1.29 is 0 Å². The fourth-order valence-corrected chi connectivity index (χ4v) is 3.22. The Bertz CT molecular complexity index is 559. The highest BCUT2D eigenvalue weighted by atomic mass is 79.9. The van der Waals surface area contributed by atoms with Crippen LogP contribution in [0.5, 0.6) is 0 Å². The standard InChI is InChI=1S/C13H18BrN5/c1-2-3-10-4-6-18(7-5-10)13-15-8-11(14)12-17-16-9-19(12)13/h8-10H,2-7H2,1H3. The molecule has 1 saturated heterocycles. The summed E-state index contributed by atoms with van der Waals surface area (Å²) in [4.78, 5) is 6.88. The Morgan fingerprint density at radius 2 is 2.16 bits per heavy atom. The molecule has 5 nitrogen and oxygen atoms in total. The number of halogens is 1. The van der Waals surface area contributed by atoms with Gasteiger partial charge in [0.05, 0.1) is 4.47 Å². The maximum atomic E-state index is 4.54. The average molecular weight is 324 g/mol. The van der Waals surface area contributed by atoms with Gasteiger partial charge in [-0.25, -0.2) is 9.38 Å². The van der Waals surface area contributed by atoms with Gasteiger partial charge in [0.15, 0.2) is 5.65 Å². The second-order valence-corrected chi connectivity index (χ2v) is 6.00. The molecule has 1 aliphatic heterocycles. The lowest BCUT2D eigenvalue weighted by atomic mass is 9.93. The number of piperidine rings is 1. The first-order valence-corrected chi connectivity index (χ1v) is 7.68. The summed E-state index contributed by atoms with van der Waals surface area (Å²) < 4.78 is 2.85. The van der Waals surface area contributed by atoms with Gasteiger partial charge in [0.25, 0.3) is 0 Å². The zero-order valence-electron chi connectivity index (χ0n) is 11.1. The van der Waals surface area contributed by atoms with Crippen molar-refractivity contribution in [1.82, 2.24) is 19.6 Å². The molecule has 2 aromatic rings. The van der Waals surface area contributed by atoms with Crippen LogP contribution >= 0.6 is 15.9 Å². The molecule has 0 aliphatic carbocycles. The molecule has 0 saturated carbocycles. The van der Waals surface area contributed by atoms with Crippen LogP contribution in [0.1, 0.15) is 32.6 Å². The lowest BCUT2D eigenvalue weighted by Crippen LogP contribution is -2.35. The van der Waals surface area contributed by atoms with Crippen molar-refractivity contribution in [3.05, 3.63) is 17.0 Å². The summed E-state index contributed by atoms with van der Waals surface area (Å²) in [6, 6.07) is 0. The predicted molar refractivity (Wildman–Crippen MR) is 78.3 cm³/mol. The molecule has 0 atom stereocenters. The number of anilines is 1. The van der Waals surface area contributed by atoms with Crippen molar-refractivity contribution in [2.75, 3.05) is 18.0 Å². The van der Waals surface area contributed by atoms with E-state index < -0.39 is 0 Å². The summed E-state index contributed by atoms with van der Waals surface area (Å²) >= 11 is 3.46. The van der Waals surface area contributed by atoms with Gasteiger partial charge in [-0.05, 0) is 34.7 Å². The Morgan fingerprint density at radius 1 is 1.37 bits per heavy atom. The molecule has 1 fully saturated rings. The molecule has 0 amide bonds. The topological polar surface area (TPSA) is 46.3 Å². The number of rotatable bonds is 3. The molecule has 102 valence electrons. The minimum Gasteiger partial charge on any atom is -0.342 e. The molecule has 6 heteroatoms. The first-order chi connectivity index (χ1) is 9.29. The van der Waals surface area contributed by atoms with E-state index >= 15 is 0 Å². The van der Waals surface area contributed by atoms with E-state index in [1.54, 1.807) is 6.33 Å². The third kappa shape index (κ3) is 2.45. The summed E-state index contributed by atoms with van der Waals surface area (Å²) in [7, 11) is 0. The molecular formula is C13H18BrN5. The highest BCUT2D eigenvalue weighted by molar-refractivity contribution is 9.10. The Labute approximate surface area is 121 Å². The monoisotopic (exact) mass is 323 g/mol. The minimum atomic E-state index is 0.834. The van der Waals surface area contributed by atoms with Crippen molar-refractivity contribution in [1.29, 1.82) is 0 Å². The maximum Gasteiger partial charge on any atom is 0.212 e. The van der Waals surface area contributed by atoms with Crippen LogP contribution in [0.3, 0.4) is 0 Å². The molecule has 3 heterocycles. The van der Waals surface area contributed by atoms with E-state index in [0.29, 0.717) is 0 Å². The largest absolute Gasteiger partial charge is 0.342 e. The van der Waals surface area contributed by atoms with Gasteiger partial charge < -0.3 is 4.90 Å². The Hall–Kier alpha value is -1.17. The van der Waals surface area contributed by atoms with E-state index in [-0.39, 0.29) is 0 Å². The Kier molecular flexibility index (Phi) is 3.68.